The lowest BCUT2D eigenvalue weighted by Crippen LogP contribution is -2.46. The molecule has 0 unspecified atom stereocenters. The molecule has 1 aliphatic heterocycles. The van der Waals surface area contributed by atoms with Crippen molar-refractivity contribution in [1.29, 1.82) is 0 Å². The number of carboxylic acids is 1. The van der Waals surface area contributed by atoms with Crippen LogP contribution in [-0.2, 0) is 15.0 Å². The van der Waals surface area contributed by atoms with Crippen LogP contribution in [0.2, 0.25) is 0 Å². The van der Waals surface area contributed by atoms with E-state index in [9.17, 15) is 9.59 Å². The van der Waals surface area contributed by atoms with Crippen molar-refractivity contribution in [3.63, 3.8) is 0 Å². The summed E-state index contributed by atoms with van der Waals surface area (Å²) < 4.78 is 0.999. The highest BCUT2D eigenvalue weighted by Gasteiger charge is 2.53. The molecule has 1 atom stereocenters. The van der Waals surface area contributed by atoms with Gasteiger partial charge in [0.1, 0.15) is 0 Å². The molecule has 1 aliphatic carbocycles. The molecule has 1 amide bonds. The number of aliphatic carboxylic acids is 1. The van der Waals surface area contributed by atoms with Crippen LogP contribution in [0.4, 0.5) is 0 Å². The summed E-state index contributed by atoms with van der Waals surface area (Å²) in [6.07, 6.45) is 3.17. The number of hydrogen-bond donors (Lipinski definition) is 1. The topological polar surface area (TPSA) is 57.6 Å². The van der Waals surface area contributed by atoms with Gasteiger partial charge in [-0.05, 0) is 43.4 Å². The molecule has 1 aromatic carbocycles. The van der Waals surface area contributed by atoms with Crippen LogP contribution in [0, 0.1) is 5.92 Å². The van der Waals surface area contributed by atoms with Crippen LogP contribution in [-0.4, -0.2) is 35.0 Å². The maximum Gasteiger partial charge on any atom is 0.308 e. The number of amides is 1. The summed E-state index contributed by atoms with van der Waals surface area (Å²) >= 11 is 3.41. The van der Waals surface area contributed by atoms with E-state index in [2.05, 4.69) is 15.9 Å². The van der Waals surface area contributed by atoms with E-state index in [-0.39, 0.29) is 5.91 Å². The first-order chi connectivity index (χ1) is 10.0. The molecule has 2 fully saturated rings. The number of rotatable bonds is 3. The third-order valence-corrected chi connectivity index (χ3v) is 5.14. The highest BCUT2D eigenvalue weighted by atomic mass is 79.9. The Balaban J connectivity index is 1.78. The molecule has 1 heterocycles. The molecule has 0 radical (unpaired) electrons. The quantitative estimate of drug-likeness (QED) is 0.910. The highest BCUT2D eigenvalue weighted by molar-refractivity contribution is 9.10. The third-order valence-electron chi connectivity index (χ3n) is 4.61. The van der Waals surface area contributed by atoms with Crippen molar-refractivity contribution < 1.29 is 14.7 Å². The van der Waals surface area contributed by atoms with Crippen LogP contribution < -0.4 is 0 Å². The predicted molar refractivity (Wildman–Crippen MR) is 82.0 cm³/mol. The van der Waals surface area contributed by atoms with Crippen molar-refractivity contribution in [2.75, 3.05) is 13.1 Å². The molecule has 1 aromatic rings. The molecule has 2 aliphatic rings. The number of benzene rings is 1. The summed E-state index contributed by atoms with van der Waals surface area (Å²) in [5.41, 5.74) is 0.648. The van der Waals surface area contributed by atoms with Crippen molar-refractivity contribution >= 4 is 27.8 Å². The fraction of sp³-hybridized carbons (Fsp3) is 0.500. The fourth-order valence-corrected chi connectivity index (χ4v) is 3.45. The van der Waals surface area contributed by atoms with Crippen LogP contribution >= 0.6 is 15.9 Å². The first-order valence-corrected chi connectivity index (χ1v) is 8.10. The first-order valence-electron chi connectivity index (χ1n) is 7.31. The molecule has 1 saturated heterocycles. The van der Waals surface area contributed by atoms with Gasteiger partial charge in [0.2, 0.25) is 5.91 Å². The van der Waals surface area contributed by atoms with E-state index in [0.29, 0.717) is 19.5 Å². The van der Waals surface area contributed by atoms with E-state index < -0.39 is 17.3 Å². The SMILES string of the molecule is O=C(O)[C@@H]1CCCN(C(=O)C2(c3ccc(Br)cc3)CC2)C1. The number of carbonyl (C=O) groups is 2. The molecule has 112 valence electrons. The summed E-state index contributed by atoms with van der Waals surface area (Å²) in [7, 11) is 0. The predicted octanol–water partition coefficient (Wildman–Crippen LogP) is 2.80. The van der Waals surface area contributed by atoms with Gasteiger partial charge in [-0.1, -0.05) is 28.1 Å². The third kappa shape index (κ3) is 2.71. The second-order valence-electron chi connectivity index (χ2n) is 6.02. The van der Waals surface area contributed by atoms with Crippen LogP contribution in [0.5, 0.6) is 0 Å². The molecule has 21 heavy (non-hydrogen) atoms. The maximum absolute atomic E-state index is 12.9. The van der Waals surface area contributed by atoms with Crippen LogP contribution in [0.25, 0.3) is 0 Å². The Labute approximate surface area is 132 Å². The number of carbonyl (C=O) groups excluding carboxylic acids is 1. The van der Waals surface area contributed by atoms with E-state index in [0.717, 1.165) is 29.3 Å². The molecular formula is C16H18BrNO3. The summed E-state index contributed by atoms with van der Waals surface area (Å²) in [6.45, 7) is 1.04. The van der Waals surface area contributed by atoms with Crippen molar-refractivity contribution in [1.82, 2.24) is 4.90 Å². The Morgan fingerprint density at radius 1 is 1.24 bits per heavy atom. The number of likely N-dealkylation sites (tertiary alicyclic amines) is 1. The van der Waals surface area contributed by atoms with Gasteiger partial charge < -0.3 is 10.0 Å². The second-order valence-corrected chi connectivity index (χ2v) is 6.93. The number of hydrogen-bond acceptors (Lipinski definition) is 2. The Bertz CT molecular complexity index is 565. The minimum Gasteiger partial charge on any atom is -0.481 e. The smallest absolute Gasteiger partial charge is 0.308 e. The summed E-state index contributed by atoms with van der Waals surface area (Å²) in [4.78, 5) is 25.8. The van der Waals surface area contributed by atoms with Crippen LogP contribution in [0.3, 0.4) is 0 Å². The zero-order valence-electron chi connectivity index (χ0n) is 11.7. The minimum atomic E-state index is -0.791. The van der Waals surface area contributed by atoms with Gasteiger partial charge in [-0.2, -0.15) is 0 Å². The van der Waals surface area contributed by atoms with E-state index in [1.54, 1.807) is 4.90 Å². The highest BCUT2D eigenvalue weighted by Crippen LogP contribution is 2.50. The molecule has 0 bridgehead atoms. The van der Waals surface area contributed by atoms with E-state index in [4.69, 9.17) is 5.11 Å². The van der Waals surface area contributed by atoms with E-state index in [1.165, 1.54) is 0 Å². The summed E-state index contributed by atoms with van der Waals surface area (Å²) in [6, 6.07) is 7.90. The Morgan fingerprint density at radius 2 is 1.90 bits per heavy atom. The Morgan fingerprint density at radius 3 is 2.48 bits per heavy atom. The summed E-state index contributed by atoms with van der Waals surface area (Å²) in [5, 5.41) is 9.16. The fourth-order valence-electron chi connectivity index (χ4n) is 3.19. The van der Waals surface area contributed by atoms with E-state index in [1.807, 2.05) is 24.3 Å². The standard InChI is InChI=1S/C16H18BrNO3/c17-13-5-3-12(4-6-13)16(7-8-16)15(21)18-9-1-2-11(10-18)14(19)20/h3-6,11H,1-2,7-10H2,(H,19,20)/t11-/m1/s1. The molecule has 0 spiro atoms. The number of halogens is 1. The van der Waals surface area contributed by atoms with Gasteiger partial charge in [-0.15, -0.1) is 0 Å². The van der Waals surface area contributed by atoms with Crippen molar-refractivity contribution in [2.45, 2.75) is 31.1 Å². The monoisotopic (exact) mass is 351 g/mol. The molecule has 5 heteroatoms. The molecule has 4 nitrogen and oxygen atoms in total. The van der Waals surface area contributed by atoms with Gasteiger partial charge in [0, 0.05) is 17.6 Å². The van der Waals surface area contributed by atoms with Crippen LogP contribution in [0.1, 0.15) is 31.2 Å². The van der Waals surface area contributed by atoms with Gasteiger partial charge in [-0.3, -0.25) is 9.59 Å². The molecule has 0 aromatic heterocycles. The molecule has 1 N–H and O–H groups in total. The van der Waals surface area contributed by atoms with Gasteiger partial charge in [0.25, 0.3) is 0 Å². The first kappa shape index (κ1) is 14.6. The lowest BCUT2D eigenvalue weighted by atomic mass is 9.91. The van der Waals surface area contributed by atoms with Gasteiger partial charge in [0.05, 0.1) is 11.3 Å². The largest absolute Gasteiger partial charge is 0.481 e. The van der Waals surface area contributed by atoms with Crippen molar-refractivity contribution in [3.8, 4) is 0 Å². The molecule has 1 saturated carbocycles. The lowest BCUT2D eigenvalue weighted by molar-refractivity contribution is -0.146. The second kappa shape index (κ2) is 5.44. The van der Waals surface area contributed by atoms with E-state index >= 15 is 0 Å². The van der Waals surface area contributed by atoms with Crippen LogP contribution in [0.15, 0.2) is 28.7 Å². The average molecular weight is 352 g/mol. The minimum absolute atomic E-state index is 0.107. The lowest BCUT2D eigenvalue weighted by Gasteiger charge is -2.33. The maximum atomic E-state index is 12.9. The zero-order chi connectivity index (χ0) is 15.0. The zero-order valence-corrected chi connectivity index (χ0v) is 13.3. The number of piperidine rings is 1. The summed E-state index contributed by atoms with van der Waals surface area (Å²) in [5.74, 6) is -1.10. The number of nitrogens with zero attached hydrogens (tertiary/aromatic N) is 1. The number of carboxylic acid groups (broad SMARTS) is 1. The van der Waals surface area contributed by atoms with Crippen molar-refractivity contribution in [2.24, 2.45) is 5.92 Å². The molecular weight excluding hydrogens is 334 g/mol. The average Bonchev–Trinajstić information content (AvgIpc) is 3.29. The molecule has 3 rings (SSSR count). The van der Waals surface area contributed by atoms with Gasteiger partial charge in [-0.25, -0.2) is 0 Å². The normalized spacial score (nSPS) is 23.7. The Kier molecular flexibility index (Phi) is 3.78. The van der Waals surface area contributed by atoms with Gasteiger partial charge >= 0.3 is 5.97 Å². The Hall–Kier alpha value is -1.36. The van der Waals surface area contributed by atoms with Gasteiger partial charge in [0.15, 0.2) is 0 Å². The van der Waals surface area contributed by atoms with Crippen molar-refractivity contribution in [3.05, 3.63) is 34.3 Å².